The predicted molar refractivity (Wildman–Crippen MR) is 91.6 cm³/mol. The molecule has 1 saturated heterocycles. The SMILES string of the molecule is CCC1CC[C@H]2CCC(C2)C2C3CCCC4C[C@H](C3)[C@H]2[C@H]1N4. The van der Waals surface area contributed by atoms with Gasteiger partial charge in [-0.2, -0.15) is 0 Å². The van der Waals surface area contributed by atoms with Gasteiger partial charge in [-0.1, -0.05) is 39.0 Å². The van der Waals surface area contributed by atoms with Crippen LogP contribution >= 0.6 is 0 Å². The van der Waals surface area contributed by atoms with Crippen LogP contribution in [0.1, 0.15) is 77.6 Å². The maximum Gasteiger partial charge on any atom is 0.0132 e. The van der Waals surface area contributed by atoms with E-state index in [4.69, 9.17) is 0 Å². The average Bonchev–Trinajstić information content (AvgIpc) is 3.12. The van der Waals surface area contributed by atoms with Crippen LogP contribution in [0.3, 0.4) is 0 Å². The summed E-state index contributed by atoms with van der Waals surface area (Å²) in [6.07, 6.45) is 17.0. The van der Waals surface area contributed by atoms with E-state index in [1.807, 2.05) is 0 Å². The van der Waals surface area contributed by atoms with E-state index in [0.29, 0.717) is 0 Å². The molecule has 5 aliphatic rings. The fourth-order valence-corrected chi connectivity index (χ4v) is 8.03. The number of nitrogens with one attached hydrogen (secondary N) is 1. The van der Waals surface area contributed by atoms with Crippen molar-refractivity contribution in [1.29, 1.82) is 0 Å². The first-order valence-electron chi connectivity index (χ1n) is 10.6. The lowest BCUT2D eigenvalue weighted by atomic mass is 9.67. The molecule has 4 saturated carbocycles. The van der Waals surface area contributed by atoms with Crippen molar-refractivity contribution in [3.8, 4) is 0 Å². The fraction of sp³-hybridized carbons (Fsp3) is 1.00. The molecule has 1 nitrogen and oxygen atoms in total. The van der Waals surface area contributed by atoms with Crippen molar-refractivity contribution >= 4 is 0 Å². The summed E-state index contributed by atoms with van der Waals surface area (Å²) in [5.41, 5.74) is 0. The lowest BCUT2D eigenvalue weighted by Gasteiger charge is -2.46. The third-order valence-electron chi connectivity index (χ3n) is 8.80. The molecular weight excluding hydrogens is 266 g/mol. The summed E-state index contributed by atoms with van der Waals surface area (Å²) in [4.78, 5) is 0. The molecule has 1 heteroatoms. The van der Waals surface area contributed by atoms with Gasteiger partial charge in [0.1, 0.15) is 0 Å². The molecule has 0 radical (unpaired) electrons. The highest BCUT2D eigenvalue weighted by atomic mass is 15.0. The molecular formula is C21H35N. The maximum absolute atomic E-state index is 4.24. The van der Waals surface area contributed by atoms with Gasteiger partial charge >= 0.3 is 0 Å². The monoisotopic (exact) mass is 301 g/mol. The Balaban J connectivity index is 1.56. The van der Waals surface area contributed by atoms with Gasteiger partial charge in [0.05, 0.1) is 0 Å². The van der Waals surface area contributed by atoms with Gasteiger partial charge in [0.15, 0.2) is 0 Å². The Kier molecular flexibility index (Phi) is 3.58. The molecule has 0 aromatic rings. The summed E-state index contributed by atoms with van der Waals surface area (Å²) in [5.74, 6) is 7.56. The van der Waals surface area contributed by atoms with Crippen molar-refractivity contribution < 1.29 is 0 Å². The van der Waals surface area contributed by atoms with Crippen molar-refractivity contribution in [2.45, 2.75) is 89.6 Å². The van der Waals surface area contributed by atoms with Crippen molar-refractivity contribution in [2.24, 2.45) is 41.4 Å². The first-order chi connectivity index (χ1) is 10.8. The number of rotatable bonds is 1. The van der Waals surface area contributed by atoms with E-state index in [-0.39, 0.29) is 0 Å². The average molecular weight is 302 g/mol. The van der Waals surface area contributed by atoms with E-state index in [2.05, 4.69) is 12.2 Å². The zero-order chi connectivity index (χ0) is 14.7. The molecule has 5 bridgehead atoms. The number of hydrogen-bond donors (Lipinski definition) is 1. The highest BCUT2D eigenvalue weighted by Crippen LogP contribution is 2.59. The number of fused-ring (bicyclic) bond motifs is 6. The molecule has 1 aliphatic heterocycles. The van der Waals surface area contributed by atoms with Crippen molar-refractivity contribution in [3.63, 3.8) is 0 Å². The minimum absolute atomic E-state index is 0.873. The molecule has 5 fully saturated rings. The minimum Gasteiger partial charge on any atom is -0.311 e. The van der Waals surface area contributed by atoms with E-state index in [1.54, 1.807) is 38.5 Å². The minimum atomic E-state index is 0.873. The van der Waals surface area contributed by atoms with Crippen molar-refractivity contribution in [2.75, 3.05) is 0 Å². The summed E-state index contributed by atoms with van der Waals surface area (Å²) < 4.78 is 0. The highest BCUT2D eigenvalue weighted by Gasteiger charge is 2.55. The topological polar surface area (TPSA) is 12.0 Å². The second-order valence-electron chi connectivity index (χ2n) is 9.65. The van der Waals surface area contributed by atoms with Crippen LogP contribution in [0.25, 0.3) is 0 Å². The Morgan fingerprint density at radius 1 is 0.773 bits per heavy atom. The first kappa shape index (κ1) is 14.3. The van der Waals surface area contributed by atoms with Gasteiger partial charge in [0.25, 0.3) is 0 Å². The van der Waals surface area contributed by atoms with Crippen LogP contribution in [0, 0.1) is 41.4 Å². The zero-order valence-corrected chi connectivity index (χ0v) is 14.5. The molecule has 1 N–H and O–H groups in total. The smallest absolute Gasteiger partial charge is 0.0132 e. The van der Waals surface area contributed by atoms with Gasteiger partial charge < -0.3 is 5.32 Å². The molecule has 0 spiro atoms. The Hall–Kier alpha value is -0.0400. The van der Waals surface area contributed by atoms with Gasteiger partial charge in [-0.25, -0.2) is 0 Å². The molecule has 0 amide bonds. The lowest BCUT2D eigenvalue weighted by molar-refractivity contribution is 0.0750. The van der Waals surface area contributed by atoms with Gasteiger partial charge in [0.2, 0.25) is 0 Å². The first-order valence-corrected chi connectivity index (χ1v) is 10.6. The summed E-state index contributed by atoms with van der Waals surface area (Å²) >= 11 is 0. The Morgan fingerprint density at radius 2 is 1.64 bits per heavy atom. The summed E-state index contributed by atoms with van der Waals surface area (Å²) in [6.45, 7) is 2.47. The summed E-state index contributed by atoms with van der Waals surface area (Å²) in [5, 5.41) is 4.24. The molecule has 5 unspecified atom stereocenters. The van der Waals surface area contributed by atoms with Crippen LogP contribution in [0.5, 0.6) is 0 Å². The van der Waals surface area contributed by atoms with Crippen LogP contribution in [0.2, 0.25) is 0 Å². The van der Waals surface area contributed by atoms with Crippen LogP contribution in [-0.4, -0.2) is 12.1 Å². The maximum atomic E-state index is 4.24. The van der Waals surface area contributed by atoms with Crippen molar-refractivity contribution in [1.82, 2.24) is 5.32 Å². The van der Waals surface area contributed by atoms with Crippen molar-refractivity contribution in [3.05, 3.63) is 0 Å². The lowest BCUT2D eigenvalue weighted by Crippen LogP contribution is -2.55. The fourth-order valence-electron chi connectivity index (χ4n) is 8.03. The Morgan fingerprint density at radius 3 is 2.55 bits per heavy atom. The number of piperidine rings is 1. The second-order valence-corrected chi connectivity index (χ2v) is 9.65. The van der Waals surface area contributed by atoms with Crippen LogP contribution < -0.4 is 5.32 Å². The summed E-state index contributed by atoms with van der Waals surface area (Å²) in [7, 11) is 0. The van der Waals surface area contributed by atoms with Crippen LogP contribution in [-0.2, 0) is 0 Å². The third kappa shape index (κ3) is 2.14. The molecule has 4 aliphatic carbocycles. The van der Waals surface area contributed by atoms with Gasteiger partial charge in [-0.05, 0) is 80.0 Å². The predicted octanol–water partition coefficient (Wildman–Crippen LogP) is 5.01. The highest BCUT2D eigenvalue weighted by molar-refractivity contribution is 5.07. The number of hydrogen-bond acceptors (Lipinski definition) is 1. The molecule has 9 atom stereocenters. The normalized spacial score (nSPS) is 56.9. The second kappa shape index (κ2) is 5.50. The summed E-state index contributed by atoms with van der Waals surface area (Å²) in [6, 6.07) is 1.76. The largest absolute Gasteiger partial charge is 0.311 e. The van der Waals surface area contributed by atoms with Gasteiger partial charge in [-0.3, -0.25) is 0 Å². The van der Waals surface area contributed by atoms with Crippen LogP contribution in [0.15, 0.2) is 0 Å². The molecule has 5 rings (SSSR count). The van der Waals surface area contributed by atoms with E-state index in [1.165, 1.54) is 32.1 Å². The molecule has 22 heavy (non-hydrogen) atoms. The van der Waals surface area contributed by atoms with Crippen LogP contribution in [0.4, 0.5) is 0 Å². The molecule has 0 aromatic carbocycles. The zero-order valence-electron chi connectivity index (χ0n) is 14.5. The third-order valence-corrected chi connectivity index (χ3v) is 8.80. The molecule has 124 valence electrons. The molecule has 1 heterocycles. The van der Waals surface area contributed by atoms with Gasteiger partial charge in [0, 0.05) is 12.1 Å². The van der Waals surface area contributed by atoms with E-state index in [9.17, 15) is 0 Å². The van der Waals surface area contributed by atoms with E-state index < -0.39 is 0 Å². The van der Waals surface area contributed by atoms with E-state index >= 15 is 0 Å². The van der Waals surface area contributed by atoms with E-state index in [0.717, 1.165) is 53.5 Å². The quantitative estimate of drug-likeness (QED) is 0.718. The molecule has 0 aromatic heterocycles. The standard InChI is InChI=1S/C21H35N/c1-2-14-8-6-13-7-9-16(10-13)19-15-4-3-5-18-12-17(11-15)20(19)21(14)22-18/h13-22H,2-12H2,1H3/t13-,14?,15?,16?,17-,18?,19?,20+,21-/m0/s1. The van der Waals surface area contributed by atoms with Gasteiger partial charge in [-0.15, -0.1) is 0 Å². The Labute approximate surface area is 137 Å². The Bertz CT molecular complexity index is 416.